The maximum Gasteiger partial charge on any atom is 0.123 e. The minimum Gasteiger partial charge on any atom is -0.508 e. The van der Waals surface area contributed by atoms with Crippen molar-refractivity contribution in [2.45, 2.75) is 38.4 Å². The fourth-order valence-electron chi connectivity index (χ4n) is 1.49. The zero-order chi connectivity index (χ0) is 13.2. The van der Waals surface area contributed by atoms with E-state index < -0.39 is 10.8 Å². The molecule has 0 aliphatic carbocycles. The second kappa shape index (κ2) is 5.17. The van der Waals surface area contributed by atoms with Crippen molar-refractivity contribution in [2.24, 2.45) is 0 Å². The summed E-state index contributed by atoms with van der Waals surface area (Å²) in [6, 6.07) is 3.85. The van der Waals surface area contributed by atoms with Gasteiger partial charge >= 0.3 is 0 Å². The van der Waals surface area contributed by atoms with Crippen molar-refractivity contribution < 1.29 is 13.7 Å². The monoisotopic (exact) mass is 258 g/mol. The Morgan fingerprint density at radius 2 is 2.00 bits per heavy atom. The summed E-state index contributed by atoms with van der Waals surface area (Å²) in [4.78, 5) is 0. The van der Waals surface area contributed by atoms with Gasteiger partial charge in [0.1, 0.15) is 11.6 Å². The first-order valence-electron chi connectivity index (χ1n) is 5.58. The molecule has 0 fully saturated rings. The van der Waals surface area contributed by atoms with Gasteiger partial charge in [-0.15, -0.1) is 0 Å². The molecule has 4 heteroatoms. The maximum atomic E-state index is 13.1. The second-order valence-electron chi connectivity index (χ2n) is 5.23. The third-order valence-electron chi connectivity index (χ3n) is 2.60. The lowest BCUT2D eigenvalue weighted by molar-refractivity contribution is 0.462. The summed E-state index contributed by atoms with van der Waals surface area (Å²) in [5, 5.41) is 9.66. The van der Waals surface area contributed by atoms with Gasteiger partial charge in [0.2, 0.25) is 0 Å². The molecular formula is C13H19FO2S. The summed E-state index contributed by atoms with van der Waals surface area (Å²) >= 11 is 0. The lowest BCUT2D eigenvalue weighted by Crippen LogP contribution is -2.26. The molecule has 0 radical (unpaired) electrons. The molecular weight excluding hydrogens is 239 g/mol. The zero-order valence-corrected chi connectivity index (χ0v) is 11.5. The summed E-state index contributed by atoms with van der Waals surface area (Å²) in [7, 11) is -1.02. The first kappa shape index (κ1) is 14.2. The Kier molecular flexibility index (Phi) is 4.31. The largest absolute Gasteiger partial charge is 0.508 e. The van der Waals surface area contributed by atoms with E-state index in [1.54, 1.807) is 0 Å². The van der Waals surface area contributed by atoms with Gasteiger partial charge in [-0.2, -0.15) is 0 Å². The van der Waals surface area contributed by atoms with Crippen LogP contribution in [0.4, 0.5) is 4.39 Å². The van der Waals surface area contributed by atoms with E-state index >= 15 is 0 Å². The van der Waals surface area contributed by atoms with E-state index in [2.05, 4.69) is 0 Å². The van der Waals surface area contributed by atoms with Gasteiger partial charge in [-0.3, -0.25) is 4.21 Å². The molecule has 1 aromatic carbocycles. The summed E-state index contributed by atoms with van der Waals surface area (Å²) in [6.07, 6.45) is 0. The normalized spacial score (nSPS) is 15.6. The average Bonchev–Trinajstić information content (AvgIpc) is 2.20. The van der Waals surface area contributed by atoms with Crippen molar-refractivity contribution in [3.05, 3.63) is 29.6 Å². The molecule has 1 N–H and O–H groups in total. The van der Waals surface area contributed by atoms with Gasteiger partial charge in [0.25, 0.3) is 0 Å². The van der Waals surface area contributed by atoms with Gasteiger partial charge in [0.05, 0.1) is 0 Å². The van der Waals surface area contributed by atoms with Crippen LogP contribution in [0.25, 0.3) is 0 Å². The maximum absolute atomic E-state index is 13.1. The van der Waals surface area contributed by atoms with Gasteiger partial charge in [0, 0.05) is 26.9 Å². The summed E-state index contributed by atoms with van der Waals surface area (Å²) in [5.41, 5.74) is 0.516. The van der Waals surface area contributed by atoms with Crippen molar-refractivity contribution in [1.29, 1.82) is 0 Å². The Balaban J connectivity index is 2.87. The quantitative estimate of drug-likeness (QED) is 0.904. The van der Waals surface area contributed by atoms with Crippen molar-refractivity contribution in [1.82, 2.24) is 0 Å². The molecule has 0 aliphatic rings. The molecule has 17 heavy (non-hydrogen) atoms. The number of aromatic hydroxyl groups is 1. The van der Waals surface area contributed by atoms with E-state index in [9.17, 15) is 13.7 Å². The van der Waals surface area contributed by atoms with Crippen LogP contribution in [0.2, 0.25) is 0 Å². The summed E-state index contributed by atoms with van der Waals surface area (Å²) < 4.78 is 24.8. The van der Waals surface area contributed by atoms with E-state index in [0.29, 0.717) is 11.3 Å². The van der Waals surface area contributed by atoms with Crippen LogP contribution in [0.1, 0.15) is 39.2 Å². The number of phenols is 1. The Hall–Kier alpha value is -0.900. The second-order valence-corrected chi connectivity index (χ2v) is 7.48. The predicted octanol–water partition coefficient (Wildman–Crippen LogP) is 3.18. The molecule has 2 atom stereocenters. The van der Waals surface area contributed by atoms with Gasteiger partial charge in [-0.25, -0.2) is 4.39 Å². The highest BCUT2D eigenvalue weighted by Crippen LogP contribution is 2.28. The predicted molar refractivity (Wildman–Crippen MR) is 69.2 cm³/mol. The van der Waals surface area contributed by atoms with E-state index in [1.165, 1.54) is 18.2 Å². The number of hydrogen-bond acceptors (Lipinski definition) is 2. The molecule has 96 valence electrons. The number of hydrogen-bond donors (Lipinski definition) is 1. The first-order chi connectivity index (χ1) is 7.71. The lowest BCUT2D eigenvalue weighted by Gasteiger charge is -2.21. The van der Waals surface area contributed by atoms with Crippen molar-refractivity contribution in [3.63, 3.8) is 0 Å². The third kappa shape index (κ3) is 3.80. The van der Waals surface area contributed by atoms with E-state index in [-0.39, 0.29) is 22.2 Å². The van der Waals surface area contributed by atoms with E-state index in [1.807, 2.05) is 27.7 Å². The smallest absolute Gasteiger partial charge is 0.123 e. The molecule has 0 aromatic heterocycles. The van der Waals surface area contributed by atoms with Crippen molar-refractivity contribution >= 4 is 10.8 Å². The van der Waals surface area contributed by atoms with Crippen molar-refractivity contribution in [2.75, 3.05) is 5.75 Å². The molecule has 0 saturated heterocycles. The molecule has 1 rings (SSSR count). The van der Waals surface area contributed by atoms with Crippen LogP contribution in [0.5, 0.6) is 5.75 Å². The lowest BCUT2D eigenvalue weighted by atomic mass is 10.0. The topological polar surface area (TPSA) is 37.3 Å². The molecule has 0 spiro atoms. The van der Waals surface area contributed by atoms with Crippen LogP contribution in [0.3, 0.4) is 0 Å². The highest BCUT2D eigenvalue weighted by atomic mass is 32.2. The summed E-state index contributed by atoms with van der Waals surface area (Å²) in [5.74, 6) is -0.0395. The van der Waals surface area contributed by atoms with Gasteiger partial charge in [0.15, 0.2) is 0 Å². The first-order valence-corrected chi connectivity index (χ1v) is 6.90. The summed E-state index contributed by atoms with van der Waals surface area (Å²) in [6.45, 7) is 7.56. The molecule has 0 bridgehead atoms. The minimum absolute atomic E-state index is 0.0600. The van der Waals surface area contributed by atoms with Crippen LogP contribution in [0.15, 0.2) is 18.2 Å². The van der Waals surface area contributed by atoms with E-state index in [0.717, 1.165) is 0 Å². The van der Waals surface area contributed by atoms with Crippen LogP contribution < -0.4 is 0 Å². The number of rotatable bonds is 3. The third-order valence-corrected chi connectivity index (χ3v) is 4.77. The Morgan fingerprint density at radius 3 is 2.53 bits per heavy atom. The molecule has 0 unspecified atom stereocenters. The molecule has 0 heterocycles. The van der Waals surface area contributed by atoms with Crippen LogP contribution in [-0.2, 0) is 10.8 Å². The number of benzene rings is 1. The number of halogens is 1. The van der Waals surface area contributed by atoms with Crippen LogP contribution >= 0.6 is 0 Å². The highest BCUT2D eigenvalue weighted by Gasteiger charge is 2.23. The van der Waals surface area contributed by atoms with Gasteiger partial charge in [-0.05, 0) is 44.9 Å². The highest BCUT2D eigenvalue weighted by molar-refractivity contribution is 7.86. The van der Waals surface area contributed by atoms with Gasteiger partial charge in [-0.1, -0.05) is 6.92 Å². The molecule has 2 nitrogen and oxygen atoms in total. The Morgan fingerprint density at radius 1 is 1.41 bits per heavy atom. The van der Waals surface area contributed by atoms with E-state index in [4.69, 9.17) is 0 Å². The van der Waals surface area contributed by atoms with Gasteiger partial charge < -0.3 is 5.11 Å². The van der Waals surface area contributed by atoms with Crippen LogP contribution in [-0.4, -0.2) is 19.8 Å². The minimum atomic E-state index is -1.02. The SMILES string of the molecule is C[C@@H](C[S@](=O)C(C)(C)C)c1cc(F)ccc1O. The number of phenolic OH excluding ortho intramolecular Hbond substituents is 1. The fraction of sp³-hybridized carbons (Fsp3) is 0.538. The zero-order valence-electron chi connectivity index (χ0n) is 10.7. The molecule has 0 amide bonds. The molecule has 0 saturated carbocycles. The fourth-order valence-corrected chi connectivity index (χ4v) is 2.62. The molecule has 0 aliphatic heterocycles. The van der Waals surface area contributed by atoms with Crippen LogP contribution in [0, 0.1) is 5.82 Å². The Labute approximate surface area is 104 Å². The van der Waals surface area contributed by atoms with Crippen molar-refractivity contribution in [3.8, 4) is 5.75 Å². The Bertz CT molecular complexity index is 424. The standard InChI is InChI=1S/C13H19FO2S/c1-9(8-17(16)13(2,3)4)11-7-10(14)5-6-12(11)15/h5-7,9,15H,8H2,1-4H3/t9-,17-/m0/s1. The molecule has 1 aromatic rings. The average molecular weight is 258 g/mol.